The Labute approximate surface area is 132 Å². The van der Waals surface area contributed by atoms with E-state index >= 15 is 0 Å². The van der Waals surface area contributed by atoms with Crippen molar-refractivity contribution in [3.63, 3.8) is 0 Å². The molecule has 1 heterocycles. The van der Waals surface area contributed by atoms with Crippen molar-refractivity contribution in [1.82, 2.24) is 15.1 Å². The van der Waals surface area contributed by atoms with Crippen LogP contribution in [-0.4, -0.2) is 62.2 Å². The summed E-state index contributed by atoms with van der Waals surface area (Å²) in [6.07, 6.45) is 9.90. The Morgan fingerprint density at radius 2 is 1.81 bits per heavy atom. The molecule has 1 saturated carbocycles. The summed E-state index contributed by atoms with van der Waals surface area (Å²) in [6, 6.07) is 0.718. The van der Waals surface area contributed by atoms with Crippen LogP contribution in [0.5, 0.6) is 0 Å². The molecule has 3 nitrogen and oxygen atoms in total. The zero-order valence-corrected chi connectivity index (χ0v) is 14.7. The Morgan fingerprint density at radius 3 is 2.43 bits per heavy atom. The highest BCUT2D eigenvalue weighted by molar-refractivity contribution is 4.90. The zero-order valence-electron chi connectivity index (χ0n) is 14.7. The highest BCUT2D eigenvalue weighted by Gasteiger charge is 2.35. The van der Waals surface area contributed by atoms with E-state index in [2.05, 4.69) is 36.0 Å². The molecule has 21 heavy (non-hydrogen) atoms. The van der Waals surface area contributed by atoms with E-state index in [1.165, 1.54) is 84.2 Å². The van der Waals surface area contributed by atoms with Crippen molar-refractivity contribution in [2.45, 2.75) is 64.8 Å². The number of rotatable bonds is 6. The van der Waals surface area contributed by atoms with Crippen LogP contribution in [0.2, 0.25) is 0 Å². The van der Waals surface area contributed by atoms with E-state index < -0.39 is 0 Å². The smallest absolute Gasteiger partial charge is 0.0195 e. The van der Waals surface area contributed by atoms with Gasteiger partial charge in [-0.3, -0.25) is 4.90 Å². The van der Waals surface area contributed by atoms with Gasteiger partial charge in [-0.15, -0.1) is 0 Å². The van der Waals surface area contributed by atoms with Crippen molar-refractivity contribution in [2.24, 2.45) is 5.41 Å². The first-order chi connectivity index (χ1) is 10.2. The van der Waals surface area contributed by atoms with Gasteiger partial charge in [-0.1, -0.05) is 32.6 Å². The Hall–Kier alpha value is -0.120. The van der Waals surface area contributed by atoms with Crippen LogP contribution in [0.1, 0.15) is 58.8 Å². The highest BCUT2D eigenvalue weighted by atomic mass is 15.3. The first kappa shape index (κ1) is 17.2. The minimum absolute atomic E-state index is 0.538. The van der Waals surface area contributed by atoms with Gasteiger partial charge in [0.25, 0.3) is 0 Å². The van der Waals surface area contributed by atoms with E-state index in [9.17, 15) is 0 Å². The molecule has 0 aromatic rings. The van der Waals surface area contributed by atoms with Crippen LogP contribution in [-0.2, 0) is 0 Å². The summed E-state index contributed by atoms with van der Waals surface area (Å²) in [6.45, 7) is 12.2. The fraction of sp³-hybridized carbons (Fsp3) is 1.00. The SMILES string of the molecule is CCCNCC1(CN2CCN(C)CC2C)CCCCCC1. The third-order valence-electron chi connectivity index (χ3n) is 5.60. The minimum Gasteiger partial charge on any atom is -0.316 e. The van der Waals surface area contributed by atoms with Crippen LogP contribution in [0.25, 0.3) is 0 Å². The van der Waals surface area contributed by atoms with Gasteiger partial charge in [-0.2, -0.15) is 0 Å². The summed E-state index contributed by atoms with van der Waals surface area (Å²) in [5.41, 5.74) is 0.538. The summed E-state index contributed by atoms with van der Waals surface area (Å²) < 4.78 is 0. The second-order valence-corrected chi connectivity index (χ2v) is 7.67. The van der Waals surface area contributed by atoms with Crippen LogP contribution >= 0.6 is 0 Å². The summed E-state index contributed by atoms with van der Waals surface area (Å²) in [4.78, 5) is 5.26. The normalized spacial score (nSPS) is 28.4. The van der Waals surface area contributed by atoms with Crippen LogP contribution in [0.4, 0.5) is 0 Å². The lowest BCUT2D eigenvalue weighted by Gasteiger charge is -2.44. The third kappa shape index (κ3) is 5.22. The number of hydrogen-bond acceptors (Lipinski definition) is 3. The number of likely N-dealkylation sites (N-methyl/N-ethyl adjacent to an activating group) is 1. The maximum atomic E-state index is 3.75. The summed E-state index contributed by atoms with van der Waals surface area (Å²) >= 11 is 0. The van der Waals surface area contributed by atoms with Gasteiger partial charge in [0.2, 0.25) is 0 Å². The maximum absolute atomic E-state index is 3.75. The van der Waals surface area contributed by atoms with Crippen molar-refractivity contribution >= 4 is 0 Å². The molecule has 0 aromatic heterocycles. The van der Waals surface area contributed by atoms with Gasteiger partial charge in [0.05, 0.1) is 0 Å². The maximum Gasteiger partial charge on any atom is 0.0195 e. The highest BCUT2D eigenvalue weighted by Crippen LogP contribution is 2.36. The second kappa shape index (κ2) is 8.50. The first-order valence-corrected chi connectivity index (χ1v) is 9.28. The number of piperazine rings is 1. The Kier molecular flexibility index (Phi) is 6.97. The van der Waals surface area contributed by atoms with E-state index in [0.29, 0.717) is 5.41 Å². The van der Waals surface area contributed by atoms with Crippen molar-refractivity contribution in [1.29, 1.82) is 0 Å². The van der Waals surface area contributed by atoms with E-state index in [1.54, 1.807) is 0 Å². The Balaban J connectivity index is 1.96. The molecule has 124 valence electrons. The molecule has 0 bridgehead atoms. The molecule has 1 aliphatic heterocycles. The lowest BCUT2D eigenvalue weighted by atomic mass is 9.79. The van der Waals surface area contributed by atoms with Crippen molar-refractivity contribution in [3.05, 3.63) is 0 Å². The van der Waals surface area contributed by atoms with E-state index in [0.717, 1.165) is 6.04 Å². The van der Waals surface area contributed by atoms with Crippen LogP contribution in [0, 0.1) is 5.41 Å². The molecule has 0 radical (unpaired) electrons. The lowest BCUT2D eigenvalue weighted by Crippen LogP contribution is -2.55. The average Bonchev–Trinajstić information content (AvgIpc) is 2.69. The monoisotopic (exact) mass is 295 g/mol. The molecule has 1 saturated heterocycles. The molecule has 0 spiro atoms. The summed E-state index contributed by atoms with van der Waals surface area (Å²) in [5.74, 6) is 0. The topological polar surface area (TPSA) is 18.5 Å². The molecule has 2 fully saturated rings. The molecular weight excluding hydrogens is 258 g/mol. The molecule has 1 atom stereocenters. The quantitative estimate of drug-likeness (QED) is 0.600. The molecule has 1 N–H and O–H groups in total. The molecule has 3 heteroatoms. The van der Waals surface area contributed by atoms with E-state index in [1.807, 2.05) is 0 Å². The Bertz CT molecular complexity index is 284. The number of nitrogens with one attached hydrogen (secondary N) is 1. The lowest BCUT2D eigenvalue weighted by molar-refractivity contribution is 0.0466. The number of hydrogen-bond donors (Lipinski definition) is 1. The van der Waals surface area contributed by atoms with Gasteiger partial charge in [0.1, 0.15) is 0 Å². The second-order valence-electron chi connectivity index (χ2n) is 7.67. The van der Waals surface area contributed by atoms with Crippen molar-refractivity contribution in [3.8, 4) is 0 Å². The molecule has 2 aliphatic rings. The average molecular weight is 296 g/mol. The molecule has 1 unspecified atom stereocenters. The molecule has 0 amide bonds. The van der Waals surface area contributed by atoms with Gasteiger partial charge >= 0.3 is 0 Å². The van der Waals surface area contributed by atoms with Crippen molar-refractivity contribution < 1.29 is 0 Å². The minimum atomic E-state index is 0.538. The predicted octanol–water partition coefficient (Wildman–Crippen LogP) is 2.96. The fourth-order valence-electron chi connectivity index (χ4n) is 4.24. The van der Waals surface area contributed by atoms with Gasteiger partial charge in [0.15, 0.2) is 0 Å². The summed E-state index contributed by atoms with van der Waals surface area (Å²) in [5, 5.41) is 3.75. The molecule has 0 aromatic carbocycles. The molecule has 1 aliphatic carbocycles. The van der Waals surface area contributed by atoms with Crippen molar-refractivity contribution in [2.75, 3.05) is 46.3 Å². The number of nitrogens with zero attached hydrogens (tertiary/aromatic N) is 2. The standard InChI is InChI=1S/C18H37N3/c1-4-11-19-15-18(9-7-5-6-8-10-18)16-21-13-12-20(3)14-17(21)2/h17,19H,4-16H2,1-3H3. The van der Waals surface area contributed by atoms with E-state index in [4.69, 9.17) is 0 Å². The van der Waals surface area contributed by atoms with Crippen LogP contribution in [0.15, 0.2) is 0 Å². The van der Waals surface area contributed by atoms with E-state index in [-0.39, 0.29) is 0 Å². The first-order valence-electron chi connectivity index (χ1n) is 9.28. The fourth-order valence-corrected chi connectivity index (χ4v) is 4.24. The molecule has 2 rings (SSSR count). The zero-order chi connectivity index (χ0) is 15.1. The van der Waals surface area contributed by atoms with Crippen LogP contribution < -0.4 is 5.32 Å². The van der Waals surface area contributed by atoms with Gasteiger partial charge in [0, 0.05) is 38.8 Å². The van der Waals surface area contributed by atoms with Crippen LogP contribution in [0.3, 0.4) is 0 Å². The van der Waals surface area contributed by atoms with Gasteiger partial charge in [-0.05, 0) is 45.2 Å². The van der Waals surface area contributed by atoms with Gasteiger partial charge < -0.3 is 10.2 Å². The largest absolute Gasteiger partial charge is 0.316 e. The molecular formula is C18H37N3. The Morgan fingerprint density at radius 1 is 1.10 bits per heavy atom. The third-order valence-corrected chi connectivity index (χ3v) is 5.60. The van der Waals surface area contributed by atoms with Gasteiger partial charge in [-0.25, -0.2) is 0 Å². The summed E-state index contributed by atoms with van der Waals surface area (Å²) in [7, 11) is 2.26. The predicted molar refractivity (Wildman–Crippen MR) is 91.8 cm³/mol.